The summed E-state index contributed by atoms with van der Waals surface area (Å²) in [7, 11) is 0. The molecule has 8 heteroatoms. The van der Waals surface area contributed by atoms with Gasteiger partial charge in [-0.15, -0.1) is 0 Å². The Balaban J connectivity index is 1.73. The third-order valence-corrected chi connectivity index (χ3v) is 3.69. The molecule has 0 saturated heterocycles. The normalized spacial score (nSPS) is 10.8. The molecule has 3 aromatic rings. The number of rotatable bonds is 4. The number of fused-ring (bicyclic) bond motifs is 1. The van der Waals surface area contributed by atoms with Crippen LogP contribution >= 0.6 is 0 Å². The van der Waals surface area contributed by atoms with Crippen molar-refractivity contribution in [3.8, 4) is 5.75 Å². The van der Waals surface area contributed by atoms with Gasteiger partial charge in [0, 0.05) is 10.9 Å². The van der Waals surface area contributed by atoms with E-state index in [0.717, 1.165) is 5.39 Å². The van der Waals surface area contributed by atoms with E-state index in [1.54, 1.807) is 25.1 Å². The van der Waals surface area contributed by atoms with Crippen LogP contribution in [0.25, 0.3) is 11.0 Å². The van der Waals surface area contributed by atoms with Gasteiger partial charge in [0.25, 0.3) is 5.91 Å². The van der Waals surface area contributed by atoms with Crippen LogP contribution in [0.5, 0.6) is 5.75 Å². The Hall–Kier alpha value is -3.42. The lowest BCUT2D eigenvalue weighted by molar-refractivity contribution is -0.0501. The number of ether oxygens (including phenoxy) is 1. The molecule has 1 aromatic heterocycles. The molecular weight excluding hydrogens is 346 g/mol. The first-order valence-corrected chi connectivity index (χ1v) is 7.60. The number of hydrogen-bond donors (Lipinski definition) is 2. The summed E-state index contributed by atoms with van der Waals surface area (Å²) in [5, 5.41) is 0.777. The molecule has 0 aliphatic heterocycles. The summed E-state index contributed by atoms with van der Waals surface area (Å²) in [6.07, 6.45) is 0. The standard InChI is InChI=1S/C18H14F2N2O4/c1-10-11-6-2-4-8-13(11)25-15(10)17(24)22-21-16(23)12-7-3-5-9-14(12)26-18(19)20/h2-9,18H,1H3,(H,21,23)(H,22,24). The van der Waals surface area contributed by atoms with E-state index >= 15 is 0 Å². The average Bonchev–Trinajstić information content (AvgIpc) is 2.96. The number of halogens is 2. The maximum absolute atomic E-state index is 12.4. The quantitative estimate of drug-likeness (QED) is 0.699. The van der Waals surface area contributed by atoms with E-state index in [4.69, 9.17) is 4.42 Å². The fraction of sp³-hybridized carbons (Fsp3) is 0.111. The van der Waals surface area contributed by atoms with E-state index in [9.17, 15) is 18.4 Å². The van der Waals surface area contributed by atoms with Crippen molar-refractivity contribution in [2.45, 2.75) is 13.5 Å². The summed E-state index contributed by atoms with van der Waals surface area (Å²) in [4.78, 5) is 24.4. The lowest BCUT2D eigenvalue weighted by Gasteiger charge is -2.11. The van der Waals surface area contributed by atoms with Gasteiger partial charge >= 0.3 is 12.5 Å². The number of carbonyl (C=O) groups is 2. The highest BCUT2D eigenvalue weighted by Gasteiger charge is 2.19. The van der Waals surface area contributed by atoms with Crippen molar-refractivity contribution in [1.82, 2.24) is 10.9 Å². The lowest BCUT2D eigenvalue weighted by Crippen LogP contribution is -2.41. The molecule has 2 aromatic carbocycles. The van der Waals surface area contributed by atoms with Crippen LogP contribution in [-0.4, -0.2) is 18.4 Å². The number of benzene rings is 2. The summed E-state index contributed by atoms with van der Waals surface area (Å²) >= 11 is 0. The van der Waals surface area contributed by atoms with Gasteiger partial charge in [0.05, 0.1) is 5.56 Å². The topological polar surface area (TPSA) is 80.6 Å². The van der Waals surface area contributed by atoms with Gasteiger partial charge in [-0.2, -0.15) is 8.78 Å². The van der Waals surface area contributed by atoms with Crippen LogP contribution in [0, 0.1) is 6.92 Å². The van der Waals surface area contributed by atoms with Crippen molar-refractivity contribution >= 4 is 22.8 Å². The first-order chi connectivity index (χ1) is 12.5. The second kappa shape index (κ2) is 7.22. The van der Waals surface area contributed by atoms with Crippen LogP contribution in [0.1, 0.15) is 26.5 Å². The zero-order chi connectivity index (χ0) is 18.7. The maximum Gasteiger partial charge on any atom is 0.387 e. The molecule has 2 N–H and O–H groups in total. The van der Waals surface area contributed by atoms with Gasteiger partial charge in [-0.25, -0.2) is 0 Å². The van der Waals surface area contributed by atoms with Gasteiger partial charge in [-0.05, 0) is 25.1 Å². The Kier molecular flexibility index (Phi) is 4.83. The number of amides is 2. The molecule has 1 heterocycles. The lowest BCUT2D eigenvalue weighted by atomic mass is 10.1. The van der Waals surface area contributed by atoms with Crippen LogP contribution in [-0.2, 0) is 0 Å². The van der Waals surface area contributed by atoms with E-state index in [1.165, 1.54) is 24.3 Å². The van der Waals surface area contributed by atoms with Gasteiger partial charge in [0.15, 0.2) is 5.76 Å². The van der Waals surface area contributed by atoms with Crippen LogP contribution in [0.4, 0.5) is 8.78 Å². The predicted molar refractivity (Wildman–Crippen MR) is 89.0 cm³/mol. The fourth-order valence-electron chi connectivity index (χ4n) is 2.48. The highest BCUT2D eigenvalue weighted by molar-refractivity contribution is 6.02. The molecule has 0 aliphatic rings. The second-order valence-corrected chi connectivity index (χ2v) is 5.34. The number of carbonyl (C=O) groups excluding carboxylic acids is 2. The Morgan fingerprint density at radius 1 is 1.00 bits per heavy atom. The molecule has 3 rings (SSSR count). The highest BCUT2D eigenvalue weighted by Crippen LogP contribution is 2.24. The van der Waals surface area contributed by atoms with Crippen LogP contribution in [0.2, 0.25) is 0 Å². The van der Waals surface area contributed by atoms with Crippen molar-refractivity contribution in [2.75, 3.05) is 0 Å². The van der Waals surface area contributed by atoms with E-state index in [1.807, 2.05) is 6.07 Å². The molecule has 0 bridgehead atoms. The predicted octanol–water partition coefficient (Wildman–Crippen LogP) is 3.42. The van der Waals surface area contributed by atoms with Crippen molar-refractivity contribution in [2.24, 2.45) is 0 Å². The number of hydrazine groups is 1. The Labute approximate surface area is 146 Å². The number of nitrogens with one attached hydrogen (secondary N) is 2. The zero-order valence-corrected chi connectivity index (χ0v) is 13.6. The van der Waals surface area contributed by atoms with E-state index in [0.29, 0.717) is 11.1 Å². The number of furan rings is 1. The van der Waals surface area contributed by atoms with Gasteiger partial charge < -0.3 is 9.15 Å². The number of aryl methyl sites for hydroxylation is 1. The SMILES string of the molecule is Cc1c(C(=O)NNC(=O)c2ccccc2OC(F)F)oc2ccccc12. The molecule has 6 nitrogen and oxygen atoms in total. The number of hydrogen-bond acceptors (Lipinski definition) is 4. The Morgan fingerprint density at radius 2 is 1.65 bits per heavy atom. The van der Waals surface area contributed by atoms with Crippen molar-refractivity contribution in [3.63, 3.8) is 0 Å². The van der Waals surface area contributed by atoms with Crippen LogP contribution < -0.4 is 15.6 Å². The molecular formula is C18H14F2N2O4. The van der Waals surface area contributed by atoms with E-state index in [-0.39, 0.29) is 17.1 Å². The molecule has 0 spiro atoms. The molecule has 0 unspecified atom stereocenters. The maximum atomic E-state index is 12.4. The van der Waals surface area contributed by atoms with Crippen molar-refractivity contribution in [3.05, 3.63) is 65.4 Å². The minimum atomic E-state index is -3.07. The molecule has 134 valence electrons. The van der Waals surface area contributed by atoms with E-state index in [2.05, 4.69) is 15.6 Å². The zero-order valence-electron chi connectivity index (χ0n) is 13.6. The first-order valence-electron chi connectivity index (χ1n) is 7.60. The largest absolute Gasteiger partial charge is 0.451 e. The molecule has 2 amide bonds. The van der Waals surface area contributed by atoms with Crippen LogP contribution in [0.3, 0.4) is 0 Å². The van der Waals surface area contributed by atoms with Gasteiger partial charge in [0.2, 0.25) is 0 Å². The smallest absolute Gasteiger partial charge is 0.387 e. The number of para-hydroxylation sites is 2. The summed E-state index contributed by atoms with van der Waals surface area (Å²) < 4.78 is 34.6. The van der Waals surface area contributed by atoms with Gasteiger partial charge in [-0.1, -0.05) is 30.3 Å². The fourth-order valence-corrected chi connectivity index (χ4v) is 2.48. The molecule has 0 aliphatic carbocycles. The summed E-state index contributed by atoms with van der Waals surface area (Å²) in [6, 6.07) is 12.6. The highest BCUT2D eigenvalue weighted by atomic mass is 19.3. The second-order valence-electron chi connectivity index (χ2n) is 5.34. The summed E-state index contributed by atoms with van der Waals surface area (Å²) in [5.41, 5.74) is 5.38. The Bertz CT molecular complexity index is 969. The molecule has 0 atom stereocenters. The molecule has 0 saturated carbocycles. The van der Waals surface area contributed by atoms with E-state index < -0.39 is 18.4 Å². The van der Waals surface area contributed by atoms with Crippen molar-refractivity contribution < 1.29 is 27.5 Å². The summed E-state index contributed by atoms with van der Waals surface area (Å²) in [6.45, 7) is -1.36. The van der Waals surface area contributed by atoms with Crippen LogP contribution in [0.15, 0.2) is 52.9 Å². The van der Waals surface area contributed by atoms with Gasteiger partial charge in [-0.3, -0.25) is 20.4 Å². The monoisotopic (exact) mass is 360 g/mol. The van der Waals surface area contributed by atoms with Crippen molar-refractivity contribution in [1.29, 1.82) is 0 Å². The minimum Gasteiger partial charge on any atom is -0.451 e. The molecule has 0 fully saturated rings. The third-order valence-electron chi connectivity index (χ3n) is 3.69. The van der Waals surface area contributed by atoms with Gasteiger partial charge in [0.1, 0.15) is 11.3 Å². The first kappa shape index (κ1) is 17.4. The summed E-state index contributed by atoms with van der Waals surface area (Å²) in [5.74, 6) is -1.72. The minimum absolute atomic E-state index is 0.0450. The average molecular weight is 360 g/mol. The molecule has 26 heavy (non-hydrogen) atoms. The number of alkyl halides is 2. The third kappa shape index (κ3) is 3.49. The molecule has 0 radical (unpaired) electrons. The Morgan fingerprint density at radius 3 is 2.38 bits per heavy atom.